The highest BCUT2D eigenvalue weighted by molar-refractivity contribution is 8.00. The smallest absolute Gasteiger partial charge is 0.0590 e. The van der Waals surface area contributed by atoms with Crippen molar-refractivity contribution in [1.82, 2.24) is 0 Å². The summed E-state index contributed by atoms with van der Waals surface area (Å²) < 4.78 is 5.39. The van der Waals surface area contributed by atoms with Gasteiger partial charge in [-0.15, -0.1) is 0 Å². The molecule has 1 nitrogen and oxygen atoms in total. The normalized spacial score (nSPS) is 28.5. The molecule has 1 atom stereocenters. The van der Waals surface area contributed by atoms with E-state index in [4.69, 9.17) is 4.74 Å². The second-order valence-electron chi connectivity index (χ2n) is 3.80. The van der Waals surface area contributed by atoms with Gasteiger partial charge in [0.2, 0.25) is 0 Å². The van der Waals surface area contributed by atoms with Crippen LogP contribution < -0.4 is 0 Å². The van der Waals surface area contributed by atoms with Gasteiger partial charge in [0.25, 0.3) is 0 Å². The number of hydrogen-bond donors (Lipinski definition) is 0. The molecule has 60 valence electrons. The largest absolute Gasteiger partial charge is 0.379 e. The summed E-state index contributed by atoms with van der Waals surface area (Å²) in [6, 6.07) is 0. The highest BCUT2D eigenvalue weighted by Gasteiger charge is 2.26. The first kappa shape index (κ1) is 8.41. The van der Waals surface area contributed by atoms with Crippen LogP contribution in [0.4, 0.5) is 0 Å². The summed E-state index contributed by atoms with van der Waals surface area (Å²) >= 11 is 2.05. The second-order valence-corrected chi connectivity index (χ2v) is 5.11. The summed E-state index contributed by atoms with van der Waals surface area (Å²) in [5, 5.41) is 0.696. The molecule has 0 saturated carbocycles. The molecule has 1 unspecified atom stereocenters. The van der Waals surface area contributed by atoms with Crippen molar-refractivity contribution in [1.29, 1.82) is 0 Å². The number of rotatable bonds is 0. The molecule has 0 radical (unpaired) electrons. The van der Waals surface area contributed by atoms with Crippen LogP contribution in [0.1, 0.15) is 20.8 Å². The fraction of sp³-hybridized carbons (Fsp3) is 1.00. The van der Waals surface area contributed by atoms with Gasteiger partial charge in [-0.2, -0.15) is 11.8 Å². The van der Waals surface area contributed by atoms with Gasteiger partial charge in [-0.1, -0.05) is 20.8 Å². The summed E-state index contributed by atoms with van der Waals surface area (Å²) in [6.45, 7) is 8.71. The van der Waals surface area contributed by atoms with Crippen molar-refractivity contribution in [2.75, 3.05) is 19.0 Å². The number of ether oxygens (including phenoxy) is 1. The summed E-state index contributed by atoms with van der Waals surface area (Å²) in [5.74, 6) is 1.17. The summed E-state index contributed by atoms with van der Waals surface area (Å²) in [5.41, 5.74) is 0.408. The molecule has 0 aromatic carbocycles. The third-order valence-electron chi connectivity index (χ3n) is 1.78. The van der Waals surface area contributed by atoms with E-state index in [1.54, 1.807) is 0 Å². The first-order chi connectivity index (χ1) is 4.61. The zero-order valence-electron chi connectivity index (χ0n) is 7.02. The van der Waals surface area contributed by atoms with E-state index in [2.05, 4.69) is 20.8 Å². The molecule has 1 fully saturated rings. The van der Waals surface area contributed by atoms with Gasteiger partial charge in [-0.05, 0) is 5.41 Å². The Bertz CT molecular complexity index is 100. The summed E-state index contributed by atoms with van der Waals surface area (Å²) in [4.78, 5) is 0. The minimum Gasteiger partial charge on any atom is -0.379 e. The minimum atomic E-state index is 0.408. The van der Waals surface area contributed by atoms with Crippen molar-refractivity contribution in [3.63, 3.8) is 0 Å². The van der Waals surface area contributed by atoms with Crippen LogP contribution in [0, 0.1) is 5.41 Å². The molecule has 10 heavy (non-hydrogen) atoms. The molecule has 1 aliphatic rings. The fourth-order valence-electron chi connectivity index (χ4n) is 0.988. The van der Waals surface area contributed by atoms with Gasteiger partial charge in [0, 0.05) is 11.0 Å². The van der Waals surface area contributed by atoms with Gasteiger partial charge in [0.1, 0.15) is 0 Å². The van der Waals surface area contributed by atoms with E-state index in [9.17, 15) is 0 Å². The van der Waals surface area contributed by atoms with Crippen LogP contribution in [-0.2, 0) is 4.74 Å². The number of hydrogen-bond acceptors (Lipinski definition) is 2. The summed E-state index contributed by atoms with van der Waals surface area (Å²) in [6.07, 6.45) is 0. The van der Waals surface area contributed by atoms with E-state index in [-0.39, 0.29) is 0 Å². The van der Waals surface area contributed by atoms with Crippen LogP contribution >= 0.6 is 11.8 Å². The Hall–Kier alpha value is 0.310. The van der Waals surface area contributed by atoms with Crippen LogP contribution in [0.15, 0.2) is 0 Å². The Labute approximate surface area is 67.5 Å². The van der Waals surface area contributed by atoms with E-state index in [1.807, 2.05) is 11.8 Å². The minimum absolute atomic E-state index is 0.408. The zero-order valence-corrected chi connectivity index (χ0v) is 7.83. The van der Waals surface area contributed by atoms with E-state index in [0.29, 0.717) is 10.7 Å². The maximum absolute atomic E-state index is 5.39. The molecule has 0 amide bonds. The van der Waals surface area contributed by atoms with Crippen LogP contribution in [0.5, 0.6) is 0 Å². The predicted molar refractivity (Wildman–Crippen MR) is 46.5 cm³/mol. The van der Waals surface area contributed by atoms with Crippen molar-refractivity contribution in [2.45, 2.75) is 26.0 Å². The molecule has 0 bridgehead atoms. The molecular formula is C8H16OS. The molecular weight excluding hydrogens is 144 g/mol. The van der Waals surface area contributed by atoms with E-state index in [0.717, 1.165) is 13.2 Å². The molecule has 2 heteroatoms. The molecule has 1 saturated heterocycles. The fourth-order valence-corrected chi connectivity index (χ4v) is 2.18. The summed E-state index contributed by atoms with van der Waals surface area (Å²) in [7, 11) is 0. The monoisotopic (exact) mass is 160 g/mol. The van der Waals surface area contributed by atoms with Crippen molar-refractivity contribution < 1.29 is 4.74 Å². The maximum atomic E-state index is 5.39. The first-order valence-electron chi connectivity index (χ1n) is 3.80. The molecule has 1 rings (SSSR count). The Morgan fingerprint density at radius 2 is 2.10 bits per heavy atom. The zero-order chi connectivity index (χ0) is 7.61. The molecule has 0 N–H and O–H groups in total. The lowest BCUT2D eigenvalue weighted by Crippen LogP contribution is -2.32. The Morgan fingerprint density at radius 1 is 1.40 bits per heavy atom. The highest BCUT2D eigenvalue weighted by Crippen LogP contribution is 2.32. The maximum Gasteiger partial charge on any atom is 0.0590 e. The quantitative estimate of drug-likeness (QED) is 0.537. The van der Waals surface area contributed by atoms with E-state index < -0.39 is 0 Å². The van der Waals surface area contributed by atoms with Crippen LogP contribution in [0.25, 0.3) is 0 Å². The molecule has 1 aliphatic heterocycles. The third kappa shape index (κ3) is 2.17. The molecule has 0 aromatic rings. The lowest BCUT2D eigenvalue weighted by molar-refractivity contribution is 0.118. The third-order valence-corrected chi connectivity index (χ3v) is 3.43. The Kier molecular flexibility index (Phi) is 2.64. The molecule has 0 aromatic heterocycles. The van der Waals surface area contributed by atoms with Crippen molar-refractivity contribution in [3.05, 3.63) is 0 Å². The average Bonchev–Trinajstić information content (AvgIpc) is 1.88. The highest BCUT2D eigenvalue weighted by atomic mass is 32.2. The van der Waals surface area contributed by atoms with Crippen LogP contribution in [-0.4, -0.2) is 24.2 Å². The molecule has 0 spiro atoms. The number of thioether (sulfide) groups is 1. The standard InChI is InChI=1S/C8H16OS/c1-8(2,3)7-6-9-4-5-10-7/h7H,4-6H2,1-3H3. The van der Waals surface area contributed by atoms with Crippen molar-refractivity contribution in [3.8, 4) is 0 Å². The van der Waals surface area contributed by atoms with Crippen molar-refractivity contribution >= 4 is 11.8 Å². The topological polar surface area (TPSA) is 9.23 Å². The Balaban J connectivity index is 2.39. The second kappa shape index (κ2) is 3.14. The van der Waals surface area contributed by atoms with Crippen LogP contribution in [0.2, 0.25) is 0 Å². The first-order valence-corrected chi connectivity index (χ1v) is 4.85. The molecule has 0 aliphatic carbocycles. The molecule has 1 heterocycles. The SMILES string of the molecule is CC(C)(C)C1COCCS1. The van der Waals surface area contributed by atoms with E-state index >= 15 is 0 Å². The van der Waals surface area contributed by atoms with Gasteiger partial charge >= 0.3 is 0 Å². The van der Waals surface area contributed by atoms with Crippen LogP contribution in [0.3, 0.4) is 0 Å². The van der Waals surface area contributed by atoms with Gasteiger partial charge in [0.15, 0.2) is 0 Å². The lowest BCUT2D eigenvalue weighted by atomic mass is 9.92. The van der Waals surface area contributed by atoms with Gasteiger partial charge < -0.3 is 4.74 Å². The van der Waals surface area contributed by atoms with Crippen molar-refractivity contribution in [2.24, 2.45) is 5.41 Å². The van der Waals surface area contributed by atoms with E-state index in [1.165, 1.54) is 5.75 Å². The van der Waals surface area contributed by atoms with Gasteiger partial charge in [0.05, 0.1) is 13.2 Å². The van der Waals surface area contributed by atoms with Gasteiger partial charge in [-0.25, -0.2) is 0 Å². The lowest BCUT2D eigenvalue weighted by Gasteiger charge is -2.32. The van der Waals surface area contributed by atoms with Gasteiger partial charge in [-0.3, -0.25) is 0 Å². The Morgan fingerprint density at radius 3 is 2.40 bits per heavy atom. The average molecular weight is 160 g/mol. The predicted octanol–water partition coefficient (Wildman–Crippen LogP) is 2.16.